The number of fused-ring (bicyclic) bond motifs is 1. The molecule has 0 saturated carbocycles. The van der Waals surface area contributed by atoms with Crippen LogP contribution in [0.2, 0.25) is 5.02 Å². The molecule has 1 heterocycles. The zero-order valence-electron chi connectivity index (χ0n) is 9.81. The van der Waals surface area contributed by atoms with Gasteiger partial charge in [-0.25, -0.2) is 0 Å². The van der Waals surface area contributed by atoms with Gasteiger partial charge in [0.15, 0.2) is 0 Å². The summed E-state index contributed by atoms with van der Waals surface area (Å²) in [6.45, 7) is 3.88. The molecule has 0 aliphatic heterocycles. The predicted molar refractivity (Wildman–Crippen MR) is 74.6 cm³/mol. The molecule has 3 heteroatoms. The summed E-state index contributed by atoms with van der Waals surface area (Å²) < 4.78 is 0. The Morgan fingerprint density at radius 2 is 2.12 bits per heavy atom. The average molecular weight is 245 g/mol. The van der Waals surface area contributed by atoms with Crippen molar-refractivity contribution in [3.8, 4) is 0 Å². The van der Waals surface area contributed by atoms with Crippen molar-refractivity contribution in [3.63, 3.8) is 0 Å². The summed E-state index contributed by atoms with van der Waals surface area (Å²) in [7, 11) is 0. The maximum atomic E-state index is 5.96. The van der Waals surface area contributed by atoms with E-state index in [-0.39, 0.29) is 0 Å². The lowest BCUT2D eigenvalue weighted by molar-refractivity contribution is 1.39. The number of aromatic nitrogens is 1. The zero-order chi connectivity index (χ0) is 12.3. The van der Waals surface area contributed by atoms with Gasteiger partial charge < -0.3 is 0 Å². The Kier molecular flexibility index (Phi) is 3.55. The van der Waals surface area contributed by atoms with E-state index in [1.165, 1.54) is 0 Å². The van der Waals surface area contributed by atoms with Crippen LogP contribution >= 0.6 is 11.6 Å². The molecule has 0 spiro atoms. The summed E-state index contributed by atoms with van der Waals surface area (Å²) in [5.74, 6) is 0. The minimum Gasteiger partial charge on any atom is -0.261 e. The fourth-order valence-electron chi connectivity index (χ4n) is 1.78. The molecule has 0 bridgehead atoms. The Hall–Kier alpha value is -1.67. The van der Waals surface area contributed by atoms with Crippen molar-refractivity contribution >= 4 is 34.4 Å². The monoisotopic (exact) mass is 244 g/mol. The summed E-state index contributed by atoms with van der Waals surface area (Å²) in [4.78, 5) is 8.68. The van der Waals surface area contributed by atoms with Gasteiger partial charge in [0.2, 0.25) is 0 Å². The highest BCUT2D eigenvalue weighted by molar-refractivity contribution is 6.31. The van der Waals surface area contributed by atoms with Crippen LogP contribution < -0.4 is 0 Å². The van der Waals surface area contributed by atoms with Crippen LogP contribution in [0.25, 0.3) is 16.6 Å². The number of pyridine rings is 1. The molecule has 0 saturated heterocycles. The highest BCUT2D eigenvalue weighted by Crippen LogP contribution is 2.26. The van der Waals surface area contributed by atoms with Crippen molar-refractivity contribution < 1.29 is 0 Å². The zero-order valence-corrected chi connectivity index (χ0v) is 10.6. The van der Waals surface area contributed by atoms with Gasteiger partial charge in [-0.3, -0.25) is 9.98 Å². The highest BCUT2D eigenvalue weighted by atomic mass is 35.5. The van der Waals surface area contributed by atoms with Crippen LogP contribution in [0.4, 0.5) is 0 Å². The highest BCUT2D eigenvalue weighted by Gasteiger charge is 2.05. The molecule has 0 amide bonds. The van der Waals surface area contributed by atoms with Crippen molar-refractivity contribution in [1.82, 2.24) is 4.98 Å². The van der Waals surface area contributed by atoms with Crippen LogP contribution in [0, 0.1) is 0 Å². The molecule has 0 fully saturated rings. The molecule has 1 aromatic carbocycles. The fourth-order valence-corrected chi connectivity index (χ4v) is 1.95. The van der Waals surface area contributed by atoms with E-state index < -0.39 is 0 Å². The van der Waals surface area contributed by atoms with E-state index in [1.54, 1.807) is 12.4 Å². The van der Waals surface area contributed by atoms with Gasteiger partial charge in [-0.2, -0.15) is 0 Å². The first-order valence-electron chi connectivity index (χ1n) is 5.46. The number of halogens is 1. The van der Waals surface area contributed by atoms with Gasteiger partial charge in [-0.1, -0.05) is 23.7 Å². The molecule has 2 aromatic rings. The van der Waals surface area contributed by atoms with E-state index in [0.717, 1.165) is 22.2 Å². The molecule has 2 nitrogen and oxygen atoms in total. The quantitative estimate of drug-likeness (QED) is 0.722. The summed E-state index contributed by atoms with van der Waals surface area (Å²) in [5, 5.41) is 1.76. The molecule has 0 aliphatic rings. The number of aliphatic imine (C=N–C) groups is 1. The lowest BCUT2D eigenvalue weighted by atomic mass is 10.1. The number of rotatable bonds is 2. The summed E-state index contributed by atoms with van der Waals surface area (Å²) >= 11 is 5.96. The fraction of sp³-hybridized carbons (Fsp3) is 0.143. The van der Waals surface area contributed by atoms with Crippen molar-refractivity contribution in [3.05, 3.63) is 47.1 Å². The van der Waals surface area contributed by atoms with E-state index >= 15 is 0 Å². The summed E-state index contributed by atoms with van der Waals surface area (Å²) in [5.41, 5.74) is 2.91. The Balaban J connectivity index is 2.70. The maximum absolute atomic E-state index is 5.96. The molecule has 1 aromatic heterocycles. The standard InChI is InChI=1S/C14H13ClN2/c1-3-13(16-4-2)12-7-8-17-14-9-10(15)5-6-11(12)14/h3-9H,1-2H3. The molecule has 2 rings (SSSR count). The first kappa shape index (κ1) is 11.8. The first-order valence-corrected chi connectivity index (χ1v) is 5.83. The molecule has 0 aliphatic carbocycles. The van der Waals surface area contributed by atoms with Crippen LogP contribution in [-0.2, 0) is 0 Å². The summed E-state index contributed by atoms with van der Waals surface area (Å²) in [6, 6.07) is 7.69. The molecule has 17 heavy (non-hydrogen) atoms. The van der Waals surface area contributed by atoms with Gasteiger partial charge >= 0.3 is 0 Å². The number of benzene rings is 1. The number of hydrogen-bond acceptors (Lipinski definition) is 2. The Morgan fingerprint density at radius 1 is 1.29 bits per heavy atom. The Morgan fingerprint density at radius 3 is 2.82 bits per heavy atom. The Bertz CT molecular complexity index is 600. The lowest BCUT2D eigenvalue weighted by Gasteiger charge is -2.06. The molecular weight excluding hydrogens is 232 g/mol. The van der Waals surface area contributed by atoms with Gasteiger partial charge in [0.1, 0.15) is 0 Å². The van der Waals surface area contributed by atoms with Gasteiger partial charge in [0.25, 0.3) is 0 Å². The van der Waals surface area contributed by atoms with E-state index in [0.29, 0.717) is 5.02 Å². The third-order valence-electron chi connectivity index (χ3n) is 2.52. The molecule has 0 N–H and O–H groups in total. The van der Waals surface area contributed by atoms with E-state index in [1.807, 2.05) is 44.2 Å². The third-order valence-corrected chi connectivity index (χ3v) is 2.76. The van der Waals surface area contributed by atoms with Crippen LogP contribution in [0.1, 0.15) is 19.4 Å². The van der Waals surface area contributed by atoms with E-state index in [9.17, 15) is 0 Å². The second-order valence-corrected chi connectivity index (χ2v) is 4.02. The number of allylic oxidation sites excluding steroid dienone is 1. The minimum atomic E-state index is 0.697. The van der Waals surface area contributed by atoms with Crippen molar-refractivity contribution in [2.24, 2.45) is 4.99 Å². The van der Waals surface area contributed by atoms with Crippen LogP contribution in [0.15, 0.2) is 41.5 Å². The minimum absolute atomic E-state index is 0.697. The lowest BCUT2D eigenvalue weighted by Crippen LogP contribution is -1.87. The van der Waals surface area contributed by atoms with Crippen molar-refractivity contribution in [1.29, 1.82) is 0 Å². The molecular formula is C14H13ClN2. The number of nitrogens with zero attached hydrogens (tertiary/aromatic N) is 2. The predicted octanol–water partition coefficient (Wildman–Crippen LogP) is 4.34. The smallest absolute Gasteiger partial charge is 0.0723 e. The third kappa shape index (κ3) is 2.37. The molecule has 0 unspecified atom stereocenters. The summed E-state index contributed by atoms with van der Waals surface area (Å²) in [6.07, 6.45) is 5.56. The van der Waals surface area contributed by atoms with Crippen LogP contribution in [0.3, 0.4) is 0 Å². The first-order chi connectivity index (χ1) is 8.26. The second-order valence-electron chi connectivity index (χ2n) is 3.58. The van der Waals surface area contributed by atoms with Crippen molar-refractivity contribution in [2.45, 2.75) is 13.8 Å². The second kappa shape index (κ2) is 5.11. The number of hydrogen-bond donors (Lipinski definition) is 0. The SMILES string of the molecule is CC=NC(=CC)c1ccnc2cc(Cl)ccc12. The van der Waals surface area contributed by atoms with Crippen LogP contribution in [-0.4, -0.2) is 11.2 Å². The van der Waals surface area contributed by atoms with E-state index in [2.05, 4.69) is 9.98 Å². The molecule has 0 radical (unpaired) electrons. The van der Waals surface area contributed by atoms with E-state index in [4.69, 9.17) is 11.6 Å². The van der Waals surface area contributed by atoms with Gasteiger partial charge in [0, 0.05) is 28.4 Å². The molecule has 0 atom stereocenters. The normalized spacial score (nSPS) is 12.5. The largest absolute Gasteiger partial charge is 0.261 e. The van der Waals surface area contributed by atoms with Gasteiger partial charge in [0.05, 0.1) is 11.2 Å². The topological polar surface area (TPSA) is 25.2 Å². The maximum Gasteiger partial charge on any atom is 0.0723 e. The van der Waals surface area contributed by atoms with Gasteiger partial charge in [-0.05, 0) is 32.0 Å². The Labute approximate surface area is 106 Å². The average Bonchev–Trinajstić information content (AvgIpc) is 2.35. The van der Waals surface area contributed by atoms with Crippen molar-refractivity contribution in [2.75, 3.05) is 0 Å². The van der Waals surface area contributed by atoms with Gasteiger partial charge in [-0.15, -0.1) is 0 Å². The van der Waals surface area contributed by atoms with Crippen LogP contribution in [0.5, 0.6) is 0 Å². The molecule has 86 valence electrons.